The fourth-order valence-corrected chi connectivity index (χ4v) is 2.82. The maximum absolute atomic E-state index is 8.48. The SMILES string of the molecule is OCCOCCNCC1CCCCS1. The highest BCUT2D eigenvalue weighted by Crippen LogP contribution is 2.23. The Labute approximate surface area is 90.6 Å². The second kappa shape index (κ2) is 8.53. The van der Waals surface area contributed by atoms with Crippen LogP contribution >= 0.6 is 11.8 Å². The van der Waals surface area contributed by atoms with Crippen molar-refractivity contribution in [2.24, 2.45) is 0 Å². The molecule has 1 fully saturated rings. The van der Waals surface area contributed by atoms with Crippen LogP contribution in [-0.4, -0.2) is 49.0 Å². The van der Waals surface area contributed by atoms with Crippen LogP contribution in [0.25, 0.3) is 0 Å². The largest absolute Gasteiger partial charge is 0.394 e. The van der Waals surface area contributed by atoms with Crippen LogP contribution in [0.2, 0.25) is 0 Å². The number of ether oxygens (including phenoxy) is 1. The van der Waals surface area contributed by atoms with Gasteiger partial charge in [0.2, 0.25) is 0 Å². The van der Waals surface area contributed by atoms with Crippen LogP contribution in [0.4, 0.5) is 0 Å². The number of thioether (sulfide) groups is 1. The van der Waals surface area contributed by atoms with E-state index in [0.717, 1.165) is 18.3 Å². The molecule has 14 heavy (non-hydrogen) atoms. The topological polar surface area (TPSA) is 41.5 Å². The maximum Gasteiger partial charge on any atom is 0.0698 e. The molecule has 1 rings (SSSR count). The summed E-state index contributed by atoms with van der Waals surface area (Å²) in [6.45, 7) is 3.29. The molecule has 0 bridgehead atoms. The molecule has 1 aliphatic rings. The van der Waals surface area contributed by atoms with Crippen molar-refractivity contribution in [3.8, 4) is 0 Å². The predicted octanol–water partition coefficient (Wildman–Crippen LogP) is 0.871. The lowest BCUT2D eigenvalue weighted by Gasteiger charge is -2.21. The van der Waals surface area contributed by atoms with Crippen molar-refractivity contribution in [3.63, 3.8) is 0 Å². The normalized spacial score (nSPS) is 22.5. The Bertz CT molecular complexity index is 129. The van der Waals surface area contributed by atoms with Gasteiger partial charge >= 0.3 is 0 Å². The molecule has 0 aromatic rings. The molecule has 0 aliphatic carbocycles. The molecule has 0 aromatic carbocycles. The van der Waals surface area contributed by atoms with Gasteiger partial charge < -0.3 is 15.2 Å². The molecule has 4 heteroatoms. The molecule has 1 saturated heterocycles. The van der Waals surface area contributed by atoms with Gasteiger partial charge in [0.15, 0.2) is 0 Å². The van der Waals surface area contributed by atoms with Crippen LogP contribution in [0.1, 0.15) is 19.3 Å². The number of rotatable bonds is 7. The van der Waals surface area contributed by atoms with E-state index in [2.05, 4.69) is 17.1 Å². The minimum atomic E-state index is 0.123. The molecule has 1 aliphatic heterocycles. The number of nitrogens with one attached hydrogen (secondary N) is 1. The molecule has 84 valence electrons. The van der Waals surface area contributed by atoms with Crippen molar-refractivity contribution >= 4 is 11.8 Å². The monoisotopic (exact) mass is 219 g/mol. The van der Waals surface area contributed by atoms with Gasteiger partial charge in [-0.05, 0) is 18.6 Å². The first-order chi connectivity index (χ1) is 6.93. The van der Waals surface area contributed by atoms with Gasteiger partial charge in [-0.15, -0.1) is 0 Å². The van der Waals surface area contributed by atoms with E-state index in [0.29, 0.717) is 13.2 Å². The third-order valence-corrected chi connectivity index (χ3v) is 3.70. The lowest BCUT2D eigenvalue weighted by Crippen LogP contribution is -2.29. The molecular formula is C10H21NO2S. The van der Waals surface area contributed by atoms with Gasteiger partial charge in [0, 0.05) is 18.3 Å². The molecule has 0 radical (unpaired) electrons. The highest BCUT2D eigenvalue weighted by Gasteiger charge is 2.12. The molecule has 0 aromatic heterocycles. The first-order valence-electron chi connectivity index (χ1n) is 5.44. The Balaban J connectivity index is 1.82. The van der Waals surface area contributed by atoms with Gasteiger partial charge in [0.1, 0.15) is 0 Å². The fourth-order valence-electron chi connectivity index (χ4n) is 1.54. The standard InChI is InChI=1S/C10H21NO2S/c12-5-7-13-6-4-11-9-10-3-1-2-8-14-10/h10-12H,1-9H2. The van der Waals surface area contributed by atoms with Gasteiger partial charge in [-0.25, -0.2) is 0 Å². The zero-order valence-electron chi connectivity index (χ0n) is 8.71. The van der Waals surface area contributed by atoms with Gasteiger partial charge in [-0.1, -0.05) is 6.42 Å². The van der Waals surface area contributed by atoms with Crippen LogP contribution in [0.3, 0.4) is 0 Å². The Kier molecular flexibility index (Phi) is 7.50. The summed E-state index contributed by atoms with van der Waals surface area (Å²) >= 11 is 2.09. The molecule has 0 amide bonds. The number of hydrogen-bond donors (Lipinski definition) is 2. The molecule has 1 heterocycles. The Morgan fingerprint density at radius 2 is 2.29 bits per heavy atom. The van der Waals surface area contributed by atoms with E-state index < -0.39 is 0 Å². The minimum Gasteiger partial charge on any atom is -0.394 e. The molecule has 2 N–H and O–H groups in total. The maximum atomic E-state index is 8.48. The Hall–Kier alpha value is 0.230. The molecule has 3 nitrogen and oxygen atoms in total. The highest BCUT2D eigenvalue weighted by atomic mass is 32.2. The highest BCUT2D eigenvalue weighted by molar-refractivity contribution is 7.99. The summed E-state index contributed by atoms with van der Waals surface area (Å²) in [7, 11) is 0. The number of aliphatic hydroxyl groups excluding tert-OH is 1. The molecular weight excluding hydrogens is 198 g/mol. The summed E-state index contributed by atoms with van der Waals surface area (Å²) in [5.41, 5.74) is 0. The van der Waals surface area contributed by atoms with Crippen molar-refractivity contribution in [2.75, 3.05) is 38.7 Å². The van der Waals surface area contributed by atoms with E-state index in [-0.39, 0.29) is 6.61 Å². The van der Waals surface area contributed by atoms with E-state index >= 15 is 0 Å². The van der Waals surface area contributed by atoms with Crippen molar-refractivity contribution < 1.29 is 9.84 Å². The first-order valence-corrected chi connectivity index (χ1v) is 6.49. The Morgan fingerprint density at radius 3 is 3.00 bits per heavy atom. The molecule has 0 spiro atoms. The van der Waals surface area contributed by atoms with Gasteiger partial charge in [0.05, 0.1) is 19.8 Å². The average Bonchev–Trinajstić information content (AvgIpc) is 2.25. The lowest BCUT2D eigenvalue weighted by molar-refractivity contribution is 0.0940. The summed E-state index contributed by atoms with van der Waals surface area (Å²) in [4.78, 5) is 0. The van der Waals surface area contributed by atoms with Crippen LogP contribution in [-0.2, 0) is 4.74 Å². The molecule has 1 unspecified atom stereocenters. The minimum absolute atomic E-state index is 0.123. The summed E-state index contributed by atoms with van der Waals surface area (Å²) in [6, 6.07) is 0. The smallest absolute Gasteiger partial charge is 0.0698 e. The van der Waals surface area contributed by atoms with Crippen molar-refractivity contribution in [1.82, 2.24) is 5.32 Å². The zero-order chi connectivity index (χ0) is 10.1. The van der Waals surface area contributed by atoms with Crippen molar-refractivity contribution in [1.29, 1.82) is 0 Å². The van der Waals surface area contributed by atoms with Crippen molar-refractivity contribution in [2.45, 2.75) is 24.5 Å². The second-order valence-electron chi connectivity index (χ2n) is 3.53. The van der Waals surface area contributed by atoms with E-state index in [9.17, 15) is 0 Å². The van der Waals surface area contributed by atoms with Gasteiger partial charge in [-0.2, -0.15) is 11.8 Å². The number of aliphatic hydroxyl groups is 1. The first kappa shape index (κ1) is 12.3. The van der Waals surface area contributed by atoms with Gasteiger partial charge in [-0.3, -0.25) is 0 Å². The van der Waals surface area contributed by atoms with Crippen molar-refractivity contribution in [3.05, 3.63) is 0 Å². The summed E-state index contributed by atoms with van der Waals surface area (Å²) in [5, 5.41) is 12.7. The van der Waals surface area contributed by atoms with Crippen LogP contribution in [0.5, 0.6) is 0 Å². The summed E-state index contributed by atoms with van der Waals surface area (Å²) in [5.74, 6) is 1.33. The summed E-state index contributed by atoms with van der Waals surface area (Å²) < 4.78 is 5.15. The van der Waals surface area contributed by atoms with Crippen LogP contribution in [0.15, 0.2) is 0 Å². The van der Waals surface area contributed by atoms with Crippen LogP contribution in [0, 0.1) is 0 Å². The van der Waals surface area contributed by atoms with E-state index in [1.54, 1.807) is 0 Å². The fraction of sp³-hybridized carbons (Fsp3) is 1.00. The number of hydrogen-bond acceptors (Lipinski definition) is 4. The van der Waals surface area contributed by atoms with Gasteiger partial charge in [0.25, 0.3) is 0 Å². The lowest BCUT2D eigenvalue weighted by atomic mass is 10.2. The predicted molar refractivity (Wildman–Crippen MR) is 60.9 cm³/mol. The van der Waals surface area contributed by atoms with Crippen LogP contribution < -0.4 is 5.32 Å². The zero-order valence-corrected chi connectivity index (χ0v) is 9.52. The Morgan fingerprint density at radius 1 is 1.36 bits per heavy atom. The summed E-state index contributed by atoms with van der Waals surface area (Å²) in [6.07, 6.45) is 4.14. The van der Waals surface area contributed by atoms with E-state index in [1.807, 2.05) is 0 Å². The quantitative estimate of drug-likeness (QED) is 0.624. The third-order valence-electron chi connectivity index (χ3n) is 2.30. The third kappa shape index (κ3) is 5.86. The average molecular weight is 219 g/mol. The molecule has 1 atom stereocenters. The second-order valence-corrected chi connectivity index (χ2v) is 4.94. The van der Waals surface area contributed by atoms with E-state index in [1.165, 1.54) is 25.0 Å². The molecule has 0 saturated carbocycles. The van der Waals surface area contributed by atoms with E-state index in [4.69, 9.17) is 9.84 Å².